The van der Waals surface area contributed by atoms with Crippen molar-refractivity contribution in [2.75, 3.05) is 7.11 Å². The van der Waals surface area contributed by atoms with E-state index in [0.717, 1.165) is 0 Å². The topological polar surface area (TPSA) is 29.5 Å². The number of ether oxygens (including phenoxy) is 1. The minimum Gasteiger partial charge on any atom is -0.504 e. The van der Waals surface area contributed by atoms with Gasteiger partial charge in [0.25, 0.3) is 0 Å². The first-order valence-corrected chi connectivity index (χ1v) is 4.66. The van der Waals surface area contributed by atoms with Crippen LogP contribution in [0.4, 0.5) is 0 Å². The highest BCUT2D eigenvalue weighted by atomic mass is 16.5. The van der Waals surface area contributed by atoms with E-state index in [2.05, 4.69) is 0 Å². The van der Waals surface area contributed by atoms with Crippen LogP contribution in [0.1, 0.15) is 0 Å². The van der Waals surface area contributed by atoms with Crippen molar-refractivity contribution in [2.45, 2.75) is 0 Å². The predicted molar refractivity (Wildman–Crippen MR) is 61.1 cm³/mol. The second kappa shape index (κ2) is 6.49. The Kier molecular flexibility index (Phi) is 4.81. The molecule has 0 unspecified atom stereocenters. The quantitative estimate of drug-likeness (QED) is 0.770. The van der Waals surface area contributed by atoms with Crippen molar-refractivity contribution in [3.63, 3.8) is 0 Å². The van der Waals surface area contributed by atoms with Gasteiger partial charge in [-0.05, 0) is 12.1 Å². The molecule has 2 heteroatoms. The van der Waals surface area contributed by atoms with Crippen LogP contribution < -0.4 is 4.74 Å². The van der Waals surface area contributed by atoms with Gasteiger partial charge in [-0.15, -0.1) is 0 Å². The van der Waals surface area contributed by atoms with Gasteiger partial charge in [-0.3, -0.25) is 0 Å². The zero-order valence-corrected chi connectivity index (χ0v) is 8.63. The summed E-state index contributed by atoms with van der Waals surface area (Å²) in [5, 5.41) is 8.99. The first-order valence-electron chi connectivity index (χ1n) is 4.66. The molecule has 78 valence electrons. The maximum atomic E-state index is 8.99. The lowest BCUT2D eigenvalue weighted by molar-refractivity contribution is 0.373. The van der Waals surface area contributed by atoms with E-state index in [1.807, 2.05) is 36.4 Å². The van der Waals surface area contributed by atoms with Gasteiger partial charge in [-0.25, -0.2) is 0 Å². The zero-order valence-electron chi connectivity index (χ0n) is 8.63. The molecule has 0 bridgehead atoms. The van der Waals surface area contributed by atoms with Crippen LogP contribution in [0.2, 0.25) is 0 Å². The summed E-state index contributed by atoms with van der Waals surface area (Å²) in [7, 11) is 1.52. The molecule has 0 atom stereocenters. The van der Waals surface area contributed by atoms with Crippen LogP contribution >= 0.6 is 0 Å². The molecule has 0 radical (unpaired) electrons. The first-order chi connectivity index (χ1) is 7.34. The smallest absolute Gasteiger partial charge is 0.160 e. The van der Waals surface area contributed by atoms with Gasteiger partial charge in [-0.2, -0.15) is 0 Å². The number of phenols is 1. The van der Waals surface area contributed by atoms with Crippen LogP contribution in [0.3, 0.4) is 0 Å². The van der Waals surface area contributed by atoms with Crippen LogP contribution in [0.25, 0.3) is 0 Å². The highest BCUT2D eigenvalue weighted by Crippen LogP contribution is 2.22. The maximum absolute atomic E-state index is 8.99. The summed E-state index contributed by atoms with van der Waals surface area (Å²) in [5.41, 5.74) is 0. The van der Waals surface area contributed by atoms with E-state index >= 15 is 0 Å². The van der Waals surface area contributed by atoms with Crippen LogP contribution in [0.5, 0.6) is 11.5 Å². The molecular weight excluding hydrogens is 188 g/mol. The molecule has 0 aliphatic heterocycles. The normalized spacial score (nSPS) is 8.60. The number of benzene rings is 2. The molecule has 0 aliphatic carbocycles. The molecule has 2 nitrogen and oxygen atoms in total. The van der Waals surface area contributed by atoms with Crippen LogP contribution in [0.15, 0.2) is 60.7 Å². The van der Waals surface area contributed by atoms with E-state index in [1.54, 1.807) is 24.3 Å². The number of aromatic hydroxyl groups is 1. The summed E-state index contributed by atoms with van der Waals surface area (Å²) in [5.74, 6) is 0.692. The van der Waals surface area contributed by atoms with Crippen LogP contribution in [0, 0.1) is 0 Å². The monoisotopic (exact) mass is 202 g/mol. The van der Waals surface area contributed by atoms with Gasteiger partial charge < -0.3 is 9.84 Å². The Morgan fingerprint density at radius 2 is 1.27 bits per heavy atom. The molecule has 0 saturated heterocycles. The Labute approximate surface area is 89.8 Å². The van der Waals surface area contributed by atoms with Gasteiger partial charge in [0.15, 0.2) is 11.5 Å². The molecule has 2 aromatic carbocycles. The summed E-state index contributed by atoms with van der Waals surface area (Å²) in [4.78, 5) is 0. The minimum absolute atomic E-state index is 0.181. The molecule has 0 fully saturated rings. The van der Waals surface area contributed by atoms with Crippen molar-refractivity contribution >= 4 is 0 Å². The fraction of sp³-hybridized carbons (Fsp3) is 0.0769. The third-order valence-corrected chi connectivity index (χ3v) is 1.75. The SMILES string of the molecule is COc1ccccc1O.c1ccccc1. The number of methoxy groups -OCH3 is 1. The molecule has 0 amide bonds. The second-order valence-corrected chi connectivity index (χ2v) is 2.83. The van der Waals surface area contributed by atoms with Gasteiger partial charge in [0.05, 0.1) is 7.11 Å². The molecular formula is C13H14O2. The summed E-state index contributed by atoms with van der Waals surface area (Å²) < 4.78 is 4.79. The zero-order chi connectivity index (χ0) is 10.9. The van der Waals surface area contributed by atoms with Gasteiger partial charge in [0.2, 0.25) is 0 Å². The fourth-order valence-electron chi connectivity index (χ4n) is 1.01. The van der Waals surface area contributed by atoms with Gasteiger partial charge in [-0.1, -0.05) is 48.5 Å². The number of para-hydroxylation sites is 2. The molecule has 2 rings (SSSR count). The average Bonchev–Trinajstić information content (AvgIpc) is 2.33. The minimum atomic E-state index is 0.181. The van der Waals surface area contributed by atoms with E-state index < -0.39 is 0 Å². The van der Waals surface area contributed by atoms with Crippen molar-refractivity contribution in [3.05, 3.63) is 60.7 Å². The molecule has 0 saturated carbocycles. The molecule has 1 N–H and O–H groups in total. The Morgan fingerprint density at radius 3 is 1.60 bits per heavy atom. The molecule has 0 heterocycles. The van der Waals surface area contributed by atoms with Gasteiger partial charge in [0, 0.05) is 0 Å². The molecule has 0 spiro atoms. The van der Waals surface area contributed by atoms with Crippen LogP contribution in [-0.2, 0) is 0 Å². The van der Waals surface area contributed by atoms with Crippen molar-refractivity contribution in [2.24, 2.45) is 0 Å². The lowest BCUT2D eigenvalue weighted by Gasteiger charge is -1.99. The molecule has 15 heavy (non-hydrogen) atoms. The largest absolute Gasteiger partial charge is 0.504 e. The lowest BCUT2D eigenvalue weighted by Crippen LogP contribution is -1.80. The fourth-order valence-corrected chi connectivity index (χ4v) is 1.01. The van der Waals surface area contributed by atoms with E-state index in [9.17, 15) is 0 Å². The lowest BCUT2D eigenvalue weighted by atomic mass is 10.3. The summed E-state index contributed by atoms with van der Waals surface area (Å²) in [6, 6.07) is 18.8. The standard InChI is InChI=1S/C7H8O2.C6H6/c1-9-7-5-3-2-4-6(7)8;1-2-4-6-5-3-1/h2-5,8H,1H3;1-6H. The first kappa shape index (κ1) is 11.1. The van der Waals surface area contributed by atoms with E-state index in [-0.39, 0.29) is 5.75 Å². The van der Waals surface area contributed by atoms with E-state index in [1.165, 1.54) is 7.11 Å². The maximum Gasteiger partial charge on any atom is 0.160 e. The van der Waals surface area contributed by atoms with Gasteiger partial charge in [0.1, 0.15) is 0 Å². The van der Waals surface area contributed by atoms with Gasteiger partial charge >= 0.3 is 0 Å². The predicted octanol–water partition coefficient (Wildman–Crippen LogP) is 3.09. The highest BCUT2D eigenvalue weighted by molar-refractivity contribution is 5.37. The number of hydrogen-bond donors (Lipinski definition) is 1. The average molecular weight is 202 g/mol. The Morgan fingerprint density at radius 1 is 0.800 bits per heavy atom. The Hall–Kier alpha value is -1.96. The van der Waals surface area contributed by atoms with Crippen molar-refractivity contribution in [1.82, 2.24) is 0 Å². The van der Waals surface area contributed by atoms with Crippen molar-refractivity contribution in [1.29, 1.82) is 0 Å². The van der Waals surface area contributed by atoms with Crippen LogP contribution in [-0.4, -0.2) is 12.2 Å². The molecule has 0 aromatic heterocycles. The molecule has 2 aromatic rings. The number of hydrogen-bond acceptors (Lipinski definition) is 2. The second-order valence-electron chi connectivity index (χ2n) is 2.83. The Balaban J connectivity index is 0.000000162. The third-order valence-electron chi connectivity index (χ3n) is 1.75. The Bertz CT molecular complexity index is 345. The van der Waals surface area contributed by atoms with Crippen molar-refractivity contribution < 1.29 is 9.84 Å². The summed E-state index contributed by atoms with van der Waals surface area (Å²) in [6.07, 6.45) is 0. The summed E-state index contributed by atoms with van der Waals surface area (Å²) >= 11 is 0. The number of rotatable bonds is 1. The number of phenolic OH excluding ortho intramolecular Hbond substituents is 1. The van der Waals surface area contributed by atoms with E-state index in [4.69, 9.17) is 9.84 Å². The summed E-state index contributed by atoms with van der Waals surface area (Å²) in [6.45, 7) is 0. The third kappa shape index (κ3) is 4.18. The molecule has 0 aliphatic rings. The van der Waals surface area contributed by atoms with Crippen molar-refractivity contribution in [3.8, 4) is 11.5 Å². The highest BCUT2D eigenvalue weighted by Gasteiger charge is 1.94. The van der Waals surface area contributed by atoms with E-state index in [0.29, 0.717) is 5.75 Å².